The van der Waals surface area contributed by atoms with Crippen LogP contribution in [0.4, 0.5) is 0 Å². The quantitative estimate of drug-likeness (QED) is 0.662. The van der Waals surface area contributed by atoms with Crippen molar-refractivity contribution in [2.24, 2.45) is 0 Å². The number of rotatable bonds is 9. The maximum absolute atomic E-state index is 12.6. The molecule has 1 aliphatic rings. The summed E-state index contributed by atoms with van der Waals surface area (Å²) >= 11 is 0. The highest BCUT2D eigenvalue weighted by Crippen LogP contribution is 2.27. The molecule has 1 unspecified atom stereocenters. The first-order chi connectivity index (χ1) is 12.0. The summed E-state index contributed by atoms with van der Waals surface area (Å²) in [6, 6.07) is 7.19. The predicted molar refractivity (Wildman–Crippen MR) is 103 cm³/mol. The van der Waals surface area contributed by atoms with Crippen molar-refractivity contribution in [1.29, 1.82) is 0 Å². The molecule has 1 atom stereocenters. The fourth-order valence-corrected chi connectivity index (χ4v) is 3.82. The summed E-state index contributed by atoms with van der Waals surface area (Å²) in [5.74, 6) is 0.593. The van der Waals surface area contributed by atoms with E-state index in [-0.39, 0.29) is 20.7 Å². The fourth-order valence-electron chi connectivity index (χ4n) is 2.90. The van der Waals surface area contributed by atoms with E-state index >= 15 is 0 Å². The van der Waals surface area contributed by atoms with Crippen molar-refractivity contribution in [3.05, 3.63) is 23.9 Å². The van der Waals surface area contributed by atoms with E-state index < -0.39 is 0 Å². The first kappa shape index (κ1) is 18.0. The summed E-state index contributed by atoms with van der Waals surface area (Å²) in [5, 5.41) is 4.13. The number of ether oxygens (including phenoxy) is 1. The van der Waals surface area contributed by atoms with Crippen LogP contribution in [0.5, 0.6) is 5.88 Å². The average Bonchev–Trinajstić information content (AvgIpc) is 3.28. The van der Waals surface area contributed by atoms with Gasteiger partial charge in [-0.05, 0) is 37.8 Å². The SMILES string of the molecule is CCCC(CC[Si](C)C)NC(=O)c1cc2ccc(OC3CC3)nc2[nH]1. The van der Waals surface area contributed by atoms with Crippen molar-refractivity contribution in [3.63, 3.8) is 0 Å². The van der Waals surface area contributed by atoms with Crippen molar-refractivity contribution < 1.29 is 9.53 Å². The molecule has 0 bridgehead atoms. The third-order valence-electron chi connectivity index (χ3n) is 4.48. The van der Waals surface area contributed by atoms with E-state index in [9.17, 15) is 4.79 Å². The van der Waals surface area contributed by atoms with Gasteiger partial charge < -0.3 is 15.0 Å². The van der Waals surface area contributed by atoms with Crippen molar-refractivity contribution in [3.8, 4) is 5.88 Å². The molecule has 1 amide bonds. The van der Waals surface area contributed by atoms with Gasteiger partial charge in [0.05, 0.1) is 0 Å². The number of hydrogen-bond acceptors (Lipinski definition) is 3. The number of H-pyrrole nitrogens is 1. The number of nitrogens with zero attached hydrogens (tertiary/aromatic N) is 1. The van der Waals surface area contributed by atoms with Gasteiger partial charge in [-0.3, -0.25) is 4.79 Å². The molecule has 0 saturated heterocycles. The van der Waals surface area contributed by atoms with Crippen LogP contribution in [0.25, 0.3) is 11.0 Å². The lowest BCUT2D eigenvalue weighted by Crippen LogP contribution is -2.35. The average molecular weight is 359 g/mol. The van der Waals surface area contributed by atoms with Crippen molar-refractivity contribution in [2.45, 2.75) is 70.3 Å². The van der Waals surface area contributed by atoms with E-state index in [0.29, 0.717) is 23.3 Å². The van der Waals surface area contributed by atoms with E-state index in [1.807, 2.05) is 18.2 Å². The highest BCUT2D eigenvalue weighted by atomic mass is 28.3. The molecule has 0 spiro atoms. The zero-order valence-corrected chi connectivity index (χ0v) is 16.4. The molecule has 135 valence electrons. The molecule has 2 N–H and O–H groups in total. The lowest BCUT2D eigenvalue weighted by molar-refractivity contribution is 0.0929. The number of pyridine rings is 1. The van der Waals surface area contributed by atoms with E-state index in [1.165, 1.54) is 6.04 Å². The third-order valence-corrected chi connectivity index (χ3v) is 5.76. The predicted octanol–water partition coefficient (Wildman–Crippen LogP) is 4.15. The number of aromatic nitrogens is 2. The minimum absolute atomic E-state index is 0.0397. The van der Waals surface area contributed by atoms with Crippen LogP contribution in [0.1, 0.15) is 49.5 Å². The van der Waals surface area contributed by atoms with Crippen LogP contribution in [0.15, 0.2) is 18.2 Å². The second-order valence-corrected chi connectivity index (χ2v) is 10.2. The summed E-state index contributed by atoms with van der Waals surface area (Å²) < 4.78 is 5.73. The van der Waals surface area contributed by atoms with Gasteiger partial charge in [0.15, 0.2) is 0 Å². The molecule has 3 rings (SSSR count). The lowest BCUT2D eigenvalue weighted by atomic mass is 10.1. The number of hydrogen-bond donors (Lipinski definition) is 2. The number of nitrogens with one attached hydrogen (secondary N) is 2. The van der Waals surface area contributed by atoms with Gasteiger partial charge in [-0.25, -0.2) is 0 Å². The molecule has 2 heterocycles. The molecule has 2 aromatic rings. The van der Waals surface area contributed by atoms with Gasteiger partial charge in [0.25, 0.3) is 5.91 Å². The Morgan fingerprint density at radius 1 is 1.40 bits per heavy atom. The zero-order chi connectivity index (χ0) is 17.8. The maximum Gasteiger partial charge on any atom is 0.267 e. The Kier molecular flexibility index (Phi) is 5.78. The Hall–Kier alpha value is -1.82. The van der Waals surface area contributed by atoms with Gasteiger partial charge in [0, 0.05) is 26.3 Å². The number of aromatic amines is 1. The fraction of sp³-hybridized carbons (Fsp3) is 0.579. The Morgan fingerprint density at radius 2 is 2.20 bits per heavy atom. The monoisotopic (exact) mass is 358 g/mol. The first-order valence-corrected chi connectivity index (χ1v) is 12.0. The summed E-state index contributed by atoms with van der Waals surface area (Å²) in [6.07, 6.45) is 5.71. The van der Waals surface area contributed by atoms with Crippen LogP contribution < -0.4 is 10.1 Å². The van der Waals surface area contributed by atoms with E-state index in [4.69, 9.17) is 4.74 Å². The van der Waals surface area contributed by atoms with Gasteiger partial charge in [-0.15, -0.1) is 0 Å². The molecule has 0 aromatic carbocycles. The zero-order valence-electron chi connectivity index (χ0n) is 15.4. The standard InChI is InChI=1S/C19H28N3O2Si/c1-4-5-14(10-11-25(2)3)20-19(23)16-12-13-6-9-17(22-18(13)21-16)24-15-7-8-15/h6,9,12,14-15H,4-5,7-8,10-11H2,1-3H3,(H,20,23)(H,21,22). The summed E-state index contributed by atoms with van der Waals surface area (Å²) in [6.45, 7) is 6.80. The van der Waals surface area contributed by atoms with Crippen LogP contribution in [0.2, 0.25) is 19.1 Å². The normalized spacial score (nSPS) is 15.5. The van der Waals surface area contributed by atoms with Gasteiger partial charge in [-0.2, -0.15) is 4.98 Å². The minimum atomic E-state index is -0.260. The summed E-state index contributed by atoms with van der Waals surface area (Å²) in [4.78, 5) is 20.2. The van der Waals surface area contributed by atoms with Crippen LogP contribution >= 0.6 is 0 Å². The van der Waals surface area contributed by atoms with E-state index in [0.717, 1.165) is 37.5 Å². The molecule has 1 fully saturated rings. The summed E-state index contributed by atoms with van der Waals surface area (Å²) in [7, 11) is -0.260. The minimum Gasteiger partial charge on any atom is -0.474 e. The van der Waals surface area contributed by atoms with Gasteiger partial charge >= 0.3 is 0 Å². The van der Waals surface area contributed by atoms with Crippen molar-refractivity contribution in [2.75, 3.05) is 0 Å². The number of carbonyl (C=O) groups excluding carboxylic acids is 1. The molecule has 25 heavy (non-hydrogen) atoms. The highest BCUT2D eigenvalue weighted by Gasteiger charge is 2.24. The van der Waals surface area contributed by atoms with Crippen molar-refractivity contribution in [1.82, 2.24) is 15.3 Å². The van der Waals surface area contributed by atoms with E-state index in [2.05, 4.69) is 35.3 Å². The molecule has 2 aromatic heterocycles. The molecular formula is C19H28N3O2Si. The number of fused-ring (bicyclic) bond motifs is 1. The smallest absolute Gasteiger partial charge is 0.267 e. The van der Waals surface area contributed by atoms with Gasteiger partial charge in [-0.1, -0.05) is 32.5 Å². The molecule has 1 saturated carbocycles. The maximum atomic E-state index is 12.6. The Morgan fingerprint density at radius 3 is 2.88 bits per heavy atom. The number of amides is 1. The van der Waals surface area contributed by atoms with Gasteiger partial charge in [0.1, 0.15) is 17.4 Å². The van der Waals surface area contributed by atoms with Crippen LogP contribution in [-0.2, 0) is 0 Å². The first-order valence-electron chi connectivity index (χ1n) is 9.31. The van der Waals surface area contributed by atoms with E-state index in [1.54, 1.807) is 0 Å². The lowest BCUT2D eigenvalue weighted by Gasteiger charge is -2.18. The molecule has 0 aliphatic heterocycles. The van der Waals surface area contributed by atoms with Gasteiger partial charge in [0.2, 0.25) is 5.88 Å². The molecule has 6 heteroatoms. The molecule has 1 aliphatic carbocycles. The Balaban J connectivity index is 1.67. The molecule has 1 radical (unpaired) electrons. The molecular weight excluding hydrogens is 330 g/mol. The number of carbonyl (C=O) groups is 1. The summed E-state index contributed by atoms with van der Waals surface area (Å²) in [5.41, 5.74) is 1.29. The van der Waals surface area contributed by atoms with Crippen LogP contribution in [0, 0.1) is 0 Å². The Labute approximate surface area is 151 Å². The van der Waals surface area contributed by atoms with Crippen molar-refractivity contribution >= 4 is 25.7 Å². The topological polar surface area (TPSA) is 67.0 Å². The second-order valence-electron chi connectivity index (χ2n) is 7.29. The third kappa shape index (κ3) is 5.08. The van der Waals surface area contributed by atoms with Crippen LogP contribution in [0.3, 0.4) is 0 Å². The van der Waals surface area contributed by atoms with Crippen LogP contribution in [-0.4, -0.2) is 36.8 Å². The largest absolute Gasteiger partial charge is 0.474 e. The Bertz CT molecular complexity index is 725. The highest BCUT2D eigenvalue weighted by molar-refractivity contribution is 6.55. The molecule has 5 nitrogen and oxygen atoms in total. The second kappa shape index (κ2) is 8.04.